The summed E-state index contributed by atoms with van der Waals surface area (Å²) in [5.74, 6) is -0.204. The second kappa shape index (κ2) is 12.2. The van der Waals surface area contributed by atoms with Crippen molar-refractivity contribution in [3.05, 3.63) is 58.6 Å². The van der Waals surface area contributed by atoms with Crippen LogP contribution in [-0.2, 0) is 14.0 Å². The van der Waals surface area contributed by atoms with Crippen LogP contribution in [0.15, 0.2) is 47.4 Å². The van der Waals surface area contributed by atoms with Crippen molar-refractivity contribution >= 4 is 20.0 Å². The first-order valence-electron chi connectivity index (χ1n) is 11.7. The van der Waals surface area contributed by atoms with Crippen molar-refractivity contribution in [2.45, 2.75) is 64.3 Å². The number of nitrogens with two attached hydrogens (primary N) is 1. The van der Waals surface area contributed by atoms with Gasteiger partial charge in [0.15, 0.2) is 6.23 Å². The van der Waals surface area contributed by atoms with Crippen LogP contribution in [0.25, 0.3) is 0 Å². The number of nitrogens with one attached hydrogen (secondary N) is 1. The number of benzene rings is 1. The molecule has 35 heavy (non-hydrogen) atoms. The molecule has 192 valence electrons. The molecule has 2 aromatic rings. The van der Waals surface area contributed by atoms with Gasteiger partial charge in [0, 0.05) is 31.0 Å². The Morgan fingerprint density at radius 1 is 1.23 bits per heavy atom. The van der Waals surface area contributed by atoms with Crippen LogP contribution >= 0.6 is 8.30 Å². The van der Waals surface area contributed by atoms with Crippen LogP contribution in [0.3, 0.4) is 0 Å². The standard InChI is InChI=1S/C24H36N5O5P/c1-15(2)29(16(3)4)35(6)33-14-18-20(25)21(32-5)23(34-18)28-13-12-19(27-24(28)31)26-22(30)17-10-8-7-9-11-17/h7-13,15-16,18,20-21,23H,14,25H2,1-6H3,(H,26,27,30,31)/t18-,20+,21?,23-,35?/m1/s1. The Hall–Kier alpha value is -2.20. The third kappa shape index (κ3) is 6.52. The molecule has 0 bridgehead atoms. The van der Waals surface area contributed by atoms with Crippen LogP contribution in [0.2, 0.25) is 0 Å². The normalized spacial score (nSPS) is 23.3. The number of nitrogens with zero attached hydrogens (tertiary/aromatic N) is 3. The van der Waals surface area contributed by atoms with Crippen molar-refractivity contribution < 1.29 is 18.8 Å². The number of anilines is 1. The van der Waals surface area contributed by atoms with Gasteiger partial charge in [-0.25, -0.2) is 4.79 Å². The zero-order chi connectivity index (χ0) is 25.7. The number of carbonyl (C=O) groups is 1. The fraction of sp³-hybridized carbons (Fsp3) is 0.542. The summed E-state index contributed by atoms with van der Waals surface area (Å²) in [7, 11) is 0.683. The largest absolute Gasteiger partial charge is 0.375 e. The zero-order valence-electron chi connectivity index (χ0n) is 21.1. The number of ether oxygens (including phenoxy) is 2. The van der Waals surface area contributed by atoms with E-state index in [2.05, 4.69) is 49.3 Å². The summed E-state index contributed by atoms with van der Waals surface area (Å²) in [6.45, 7) is 10.9. The first-order chi connectivity index (χ1) is 16.6. The average molecular weight is 506 g/mol. The molecule has 11 heteroatoms. The van der Waals surface area contributed by atoms with Gasteiger partial charge in [0.25, 0.3) is 5.91 Å². The molecular formula is C24H36N5O5P. The highest BCUT2D eigenvalue weighted by atomic mass is 31.2. The van der Waals surface area contributed by atoms with Crippen LogP contribution in [-0.4, -0.2) is 70.8 Å². The average Bonchev–Trinajstić information content (AvgIpc) is 3.12. The number of hydrogen-bond donors (Lipinski definition) is 2. The van der Waals surface area contributed by atoms with Crippen LogP contribution in [0.4, 0.5) is 5.82 Å². The minimum absolute atomic E-state index is 0.148. The van der Waals surface area contributed by atoms with E-state index in [-0.39, 0.29) is 18.3 Å². The number of carbonyl (C=O) groups excluding carboxylic acids is 1. The molecule has 1 amide bonds. The van der Waals surface area contributed by atoms with Crippen molar-refractivity contribution in [3.8, 4) is 0 Å². The maximum absolute atomic E-state index is 12.8. The van der Waals surface area contributed by atoms with Crippen LogP contribution in [0, 0.1) is 0 Å². The molecule has 2 heterocycles. The van der Waals surface area contributed by atoms with E-state index in [0.29, 0.717) is 17.6 Å². The Morgan fingerprint density at radius 3 is 2.46 bits per heavy atom. The van der Waals surface area contributed by atoms with Gasteiger partial charge in [-0.3, -0.25) is 14.0 Å². The van der Waals surface area contributed by atoms with Gasteiger partial charge in [-0.2, -0.15) is 4.98 Å². The van der Waals surface area contributed by atoms with Crippen LogP contribution < -0.4 is 16.7 Å². The summed E-state index contributed by atoms with van der Waals surface area (Å²) < 4.78 is 21.5. The Bertz CT molecular complexity index is 1030. The Balaban J connectivity index is 1.70. The molecule has 1 aliphatic rings. The lowest BCUT2D eigenvalue weighted by molar-refractivity contribution is -0.0600. The highest BCUT2D eigenvalue weighted by Crippen LogP contribution is 2.42. The smallest absolute Gasteiger partial charge is 0.351 e. The van der Waals surface area contributed by atoms with Gasteiger partial charge >= 0.3 is 5.69 Å². The summed E-state index contributed by atoms with van der Waals surface area (Å²) in [6, 6.07) is 10.4. The Morgan fingerprint density at radius 2 is 1.89 bits per heavy atom. The number of amides is 1. The predicted molar refractivity (Wildman–Crippen MR) is 136 cm³/mol. The molecule has 1 aliphatic heterocycles. The number of rotatable bonds is 10. The van der Waals surface area contributed by atoms with E-state index in [0.717, 1.165) is 0 Å². The lowest BCUT2D eigenvalue weighted by Gasteiger charge is -2.35. The van der Waals surface area contributed by atoms with Gasteiger partial charge in [0.05, 0.1) is 12.6 Å². The molecular weight excluding hydrogens is 469 g/mol. The van der Waals surface area contributed by atoms with Gasteiger partial charge in [-0.15, -0.1) is 0 Å². The third-order valence-electron chi connectivity index (χ3n) is 5.87. The van der Waals surface area contributed by atoms with Gasteiger partial charge in [-0.1, -0.05) is 18.2 Å². The van der Waals surface area contributed by atoms with E-state index in [1.165, 1.54) is 17.9 Å². The maximum Gasteiger partial charge on any atom is 0.351 e. The molecule has 1 saturated heterocycles. The third-order valence-corrected chi connectivity index (χ3v) is 7.96. The number of hydrogen-bond acceptors (Lipinski definition) is 8. The molecule has 0 spiro atoms. The molecule has 1 aromatic heterocycles. The lowest BCUT2D eigenvalue weighted by atomic mass is 10.1. The summed E-state index contributed by atoms with van der Waals surface area (Å²) in [4.78, 5) is 29.2. The highest BCUT2D eigenvalue weighted by Gasteiger charge is 2.44. The van der Waals surface area contributed by atoms with E-state index in [4.69, 9.17) is 19.7 Å². The second-order valence-corrected chi connectivity index (χ2v) is 10.6. The summed E-state index contributed by atoms with van der Waals surface area (Å²) in [6.07, 6.45) is -0.270. The summed E-state index contributed by atoms with van der Waals surface area (Å²) in [5, 5.41) is 2.64. The van der Waals surface area contributed by atoms with Gasteiger partial charge in [-0.05, 0) is 52.6 Å². The molecule has 0 saturated carbocycles. The lowest BCUT2D eigenvalue weighted by Crippen LogP contribution is -2.43. The highest BCUT2D eigenvalue weighted by molar-refractivity contribution is 7.49. The van der Waals surface area contributed by atoms with Crippen molar-refractivity contribution in [1.82, 2.24) is 14.2 Å². The van der Waals surface area contributed by atoms with Crippen molar-refractivity contribution in [2.24, 2.45) is 5.73 Å². The molecule has 2 unspecified atom stereocenters. The molecule has 1 fully saturated rings. The predicted octanol–water partition coefficient (Wildman–Crippen LogP) is 2.81. The molecule has 3 rings (SSSR count). The molecule has 10 nitrogen and oxygen atoms in total. The molecule has 3 N–H and O–H groups in total. The van der Waals surface area contributed by atoms with Gasteiger partial charge in [0.2, 0.25) is 0 Å². The minimum atomic E-state index is -0.848. The van der Waals surface area contributed by atoms with Crippen molar-refractivity contribution in [2.75, 3.05) is 25.7 Å². The Kier molecular flexibility index (Phi) is 9.52. The molecule has 0 aliphatic carbocycles. The van der Waals surface area contributed by atoms with E-state index in [1.807, 2.05) is 6.07 Å². The number of aromatic nitrogens is 2. The molecule has 0 radical (unpaired) electrons. The van der Waals surface area contributed by atoms with E-state index < -0.39 is 38.5 Å². The number of methoxy groups -OCH3 is 1. The monoisotopic (exact) mass is 505 g/mol. The first-order valence-corrected chi connectivity index (χ1v) is 13.3. The van der Waals surface area contributed by atoms with E-state index in [9.17, 15) is 9.59 Å². The van der Waals surface area contributed by atoms with Crippen molar-refractivity contribution in [1.29, 1.82) is 0 Å². The Labute approximate surface area is 207 Å². The summed E-state index contributed by atoms with van der Waals surface area (Å²) >= 11 is 0. The molecule has 5 atom stereocenters. The van der Waals surface area contributed by atoms with E-state index in [1.54, 1.807) is 30.3 Å². The van der Waals surface area contributed by atoms with Crippen LogP contribution in [0.1, 0.15) is 44.3 Å². The van der Waals surface area contributed by atoms with Gasteiger partial charge < -0.3 is 25.0 Å². The fourth-order valence-corrected chi connectivity index (χ4v) is 6.14. The zero-order valence-corrected chi connectivity index (χ0v) is 22.0. The van der Waals surface area contributed by atoms with Gasteiger partial charge in [0.1, 0.15) is 26.3 Å². The quantitative estimate of drug-likeness (QED) is 0.473. The second-order valence-electron chi connectivity index (χ2n) is 8.99. The minimum Gasteiger partial charge on any atom is -0.375 e. The van der Waals surface area contributed by atoms with E-state index >= 15 is 0 Å². The topological polar surface area (TPSA) is 121 Å². The molecule has 1 aromatic carbocycles. The van der Waals surface area contributed by atoms with Crippen molar-refractivity contribution in [3.63, 3.8) is 0 Å². The van der Waals surface area contributed by atoms with Crippen LogP contribution in [0.5, 0.6) is 0 Å². The SMILES string of the molecule is COC1[C@@H](N)[C@@H](COP(C)N(C(C)C)C(C)C)O[C@H]1n1ccc(NC(=O)c2ccccc2)nc1=O. The maximum atomic E-state index is 12.8. The first kappa shape index (κ1) is 27.4. The summed E-state index contributed by atoms with van der Waals surface area (Å²) in [5.41, 5.74) is 6.31. The fourth-order valence-electron chi connectivity index (χ4n) is 4.35.